The molecular weight excluding hydrogens is 244 g/mol. The highest BCUT2D eigenvalue weighted by Crippen LogP contribution is 2.30. The van der Waals surface area contributed by atoms with E-state index in [2.05, 4.69) is 0 Å². The van der Waals surface area contributed by atoms with E-state index in [0.29, 0.717) is 32.5 Å². The molecule has 1 heterocycles. The number of esters is 1. The molecule has 0 radical (unpaired) electrons. The number of rotatable bonds is 5. The van der Waals surface area contributed by atoms with Crippen LogP contribution in [0, 0.1) is 11.3 Å². The number of methoxy groups -OCH3 is 1. The van der Waals surface area contributed by atoms with E-state index in [1.54, 1.807) is 0 Å². The van der Waals surface area contributed by atoms with Crippen LogP contribution in [0.15, 0.2) is 0 Å². The minimum Gasteiger partial charge on any atom is -0.469 e. The predicted molar refractivity (Wildman–Crippen MR) is 73.4 cm³/mol. The van der Waals surface area contributed by atoms with Crippen LogP contribution >= 0.6 is 0 Å². The zero-order valence-electron chi connectivity index (χ0n) is 12.3. The second-order valence-electron chi connectivity index (χ2n) is 5.28. The fraction of sp³-hybridized carbons (Fsp3) is 0.857. The largest absolute Gasteiger partial charge is 0.469 e. The Bertz CT molecular complexity index is 310. The topological polar surface area (TPSA) is 72.6 Å². The third-order valence-electron chi connectivity index (χ3n) is 4.51. The van der Waals surface area contributed by atoms with Gasteiger partial charge in [0.1, 0.15) is 0 Å². The van der Waals surface area contributed by atoms with Gasteiger partial charge >= 0.3 is 5.97 Å². The molecular formula is C14H26N2O3. The zero-order chi connectivity index (χ0) is 14.5. The Morgan fingerprint density at radius 3 is 2.16 bits per heavy atom. The van der Waals surface area contributed by atoms with E-state index < -0.39 is 5.41 Å². The van der Waals surface area contributed by atoms with Gasteiger partial charge in [0.2, 0.25) is 5.91 Å². The van der Waals surface area contributed by atoms with Crippen molar-refractivity contribution < 1.29 is 14.3 Å². The molecule has 1 amide bonds. The Labute approximate surface area is 115 Å². The van der Waals surface area contributed by atoms with Crippen LogP contribution in [0.25, 0.3) is 0 Å². The summed E-state index contributed by atoms with van der Waals surface area (Å²) < 4.78 is 4.75. The number of hydrogen-bond donors (Lipinski definition) is 1. The third-order valence-corrected chi connectivity index (χ3v) is 4.51. The van der Waals surface area contributed by atoms with Gasteiger partial charge in [0.25, 0.3) is 0 Å². The van der Waals surface area contributed by atoms with Gasteiger partial charge in [0.05, 0.1) is 18.4 Å². The maximum absolute atomic E-state index is 12.6. The number of hydrogen-bond acceptors (Lipinski definition) is 4. The molecule has 2 N–H and O–H groups in total. The van der Waals surface area contributed by atoms with Crippen molar-refractivity contribution >= 4 is 11.9 Å². The molecule has 0 spiro atoms. The number of piperidine rings is 1. The fourth-order valence-corrected chi connectivity index (χ4v) is 2.75. The van der Waals surface area contributed by atoms with Gasteiger partial charge in [-0.1, -0.05) is 13.8 Å². The lowest BCUT2D eigenvalue weighted by Gasteiger charge is -2.38. The summed E-state index contributed by atoms with van der Waals surface area (Å²) in [6.45, 7) is 5.65. The van der Waals surface area contributed by atoms with Crippen LogP contribution in [-0.4, -0.2) is 43.5 Å². The van der Waals surface area contributed by atoms with Gasteiger partial charge in [0.15, 0.2) is 0 Å². The Morgan fingerprint density at radius 1 is 1.26 bits per heavy atom. The summed E-state index contributed by atoms with van der Waals surface area (Å²) in [5, 5.41) is 0. The molecule has 0 saturated carbocycles. The van der Waals surface area contributed by atoms with Gasteiger partial charge < -0.3 is 15.4 Å². The van der Waals surface area contributed by atoms with Gasteiger partial charge in [-0.2, -0.15) is 0 Å². The van der Waals surface area contributed by atoms with Gasteiger partial charge in [0, 0.05) is 19.6 Å². The van der Waals surface area contributed by atoms with E-state index in [-0.39, 0.29) is 17.8 Å². The zero-order valence-corrected chi connectivity index (χ0v) is 12.3. The predicted octanol–water partition coefficient (Wildman–Crippen LogP) is 1.16. The van der Waals surface area contributed by atoms with E-state index >= 15 is 0 Å². The Morgan fingerprint density at radius 2 is 1.79 bits per heavy atom. The minimum absolute atomic E-state index is 0.0652. The van der Waals surface area contributed by atoms with Crippen molar-refractivity contribution in [2.75, 3.05) is 26.7 Å². The smallest absolute Gasteiger partial charge is 0.308 e. The van der Waals surface area contributed by atoms with Crippen molar-refractivity contribution in [3.05, 3.63) is 0 Å². The van der Waals surface area contributed by atoms with Gasteiger partial charge in [-0.25, -0.2) is 0 Å². The van der Waals surface area contributed by atoms with E-state index in [0.717, 1.165) is 12.8 Å². The summed E-state index contributed by atoms with van der Waals surface area (Å²) in [4.78, 5) is 25.9. The normalized spacial score (nSPS) is 17.4. The second kappa shape index (κ2) is 6.89. The van der Waals surface area contributed by atoms with Crippen molar-refractivity contribution in [1.82, 2.24) is 4.90 Å². The molecule has 0 atom stereocenters. The number of likely N-dealkylation sites (tertiary alicyclic amines) is 1. The van der Waals surface area contributed by atoms with E-state index in [1.165, 1.54) is 7.11 Å². The lowest BCUT2D eigenvalue weighted by Crippen LogP contribution is -2.50. The maximum atomic E-state index is 12.6. The summed E-state index contributed by atoms with van der Waals surface area (Å²) in [7, 11) is 1.41. The molecule has 1 fully saturated rings. The summed E-state index contributed by atoms with van der Waals surface area (Å²) in [6.07, 6.45) is 2.89. The monoisotopic (exact) mass is 270 g/mol. The molecule has 19 heavy (non-hydrogen) atoms. The summed E-state index contributed by atoms with van der Waals surface area (Å²) in [6, 6.07) is 0. The SMILES string of the molecule is CCC(CC)(CN)C(=O)N1CCC(C(=O)OC)CC1. The number of amides is 1. The highest BCUT2D eigenvalue weighted by atomic mass is 16.5. The maximum Gasteiger partial charge on any atom is 0.308 e. The van der Waals surface area contributed by atoms with Crippen LogP contribution in [0.3, 0.4) is 0 Å². The van der Waals surface area contributed by atoms with Crippen molar-refractivity contribution in [2.24, 2.45) is 17.1 Å². The first-order valence-corrected chi connectivity index (χ1v) is 7.11. The lowest BCUT2D eigenvalue weighted by molar-refractivity contribution is -0.151. The number of ether oxygens (including phenoxy) is 1. The molecule has 0 aromatic carbocycles. The van der Waals surface area contributed by atoms with E-state index in [4.69, 9.17) is 10.5 Å². The Kier molecular flexibility index (Phi) is 5.79. The highest BCUT2D eigenvalue weighted by Gasteiger charge is 2.38. The first kappa shape index (κ1) is 16.0. The summed E-state index contributed by atoms with van der Waals surface area (Å²) in [5.74, 6) is -0.0870. The standard InChI is InChI=1S/C14H26N2O3/c1-4-14(5-2,10-15)13(18)16-8-6-11(7-9-16)12(17)19-3/h11H,4-10,15H2,1-3H3. The molecule has 1 saturated heterocycles. The van der Waals surface area contributed by atoms with Crippen LogP contribution in [0.5, 0.6) is 0 Å². The molecule has 0 aliphatic carbocycles. The first-order chi connectivity index (χ1) is 9.04. The van der Waals surface area contributed by atoms with Crippen molar-refractivity contribution in [1.29, 1.82) is 0 Å². The van der Waals surface area contributed by atoms with Gasteiger partial charge in [-0.15, -0.1) is 0 Å². The van der Waals surface area contributed by atoms with Crippen molar-refractivity contribution in [3.63, 3.8) is 0 Å². The summed E-state index contributed by atoms with van der Waals surface area (Å²) in [5.41, 5.74) is 5.38. The highest BCUT2D eigenvalue weighted by molar-refractivity contribution is 5.83. The number of carbonyl (C=O) groups is 2. The minimum atomic E-state index is -0.432. The van der Waals surface area contributed by atoms with Crippen LogP contribution in [0.2, 0.25) is 0 Å². The Balaban J connectivity index is 2.64. The average Bonchev–Trinajstić information content (AvgIpc) is 2.48. The number of nitrogens with zero attached hydrogens (tertiary/aromatic N) is 1. The van der Waals surface area contributed by atoms with Crippen molar-refractivity contribution in [2.45, 2.75) is 39.5 Å². The molecule has 0 bridgehead atoms. The molecule has 0 aromatic rings. The van der Waals surface area contributed by atoms with Crippen LogP contribution < -0.4 is 5.73 Å². The molecule has 5 nitrogen and oxygen atoms in total. The van der Waals surface area contributed by atoms with E-state index in [1.807, 2.05) is 18.7 Å². The Hall–Kier alpha value is -1.10. The molecule has 1 aliphatic rings. The molecule has 0 unspecified atom stereocenters. The fourth-order valence-electron chi connectivity index (χ4n) is 2.75. The number of nitrogens with two attached hydrogens (primary N) is 1. The van der Waals surface area contributed by atoms with Crippen LogP contribution in [-0.2, 0) is 14.3 Å². The van der Waals surface area contributed by atoms with Gasteiger partial charge in [-0.05, 0) is 25.7 Å². The second-order valence-corrected chi connectivity index (χ2v) is 5.28. The van der Waals surface area contributed by atoms with E-state index in [9.17, 15) is 9.59 Å². The average molecular weight is 270 g/mol. The van der Waals surface area contributed by atoms with Crippen molar-refractivity contribution in [3.8, 4) is 0 Å². The molecule has 110 valence electrons. The lowest BCUT2D eigenvalue weighted by atomic mass is 9.80. The molecule has 1 rings (SSSR count). The number of carbonyl (C=O) groups excluding carboxylic acids is 2. The van der Waals surface area contributed by atoms with Crippen LogP contribution in [0.1, 0.15) is 39.5 Å². The van der Waals surface area contributed by atoms with Crippen LogP contribution in [0.4, 0.5) is 0 Å². The first-order valence-electron chi connectivity index (χ1n) is 7.11. The van der Waals surface area contributed by atoms with Gasteiger partial charge in [-0.3, -0.25) is 9.59 Å². The molecule has 0 aromatic heterocycles. The molecule has 5 heteroatoms. The molecule has 1 aliphatic heterocycles. The quantitative estimate of drug-likeness (QED) is 0.761. The third kappa shape index (κ3) is 3.26. The summed E-state index contributed by atoms with van der Waals surface area (Å²) >= 11 is 0.